The molecule has 0 aliphatic rings. The number of benzene rings is 1. The lowest BCUT2D eigenvalue weighted by Gasteiger charge is -2.27. The van der Waals surface area contributed by atoms with Crippen molar-refractivity contribution in [3.63, 3.8) is 0 Å². The summed E-state index contributed by atoms with van der Waals surface area (Å²) in [4.78, 5) is 10.9. The van der Waals surface area contributed by atoms with Gasteiger partial charge in [0.25, 0.3) is 0 Å². The Morgan fingerprint density at radius 1 is 1.35 bits per heavy atom. The molecule has 0 bridgehead atoms. The highest BCUT2D eigenvalue weighted by Gasteiger charge is 2.25. The molecule has 0 fully saturated rings. The number of aryl methyl sites for hydroxylation is 2. The maximum atomic E-state index is 10.9. The molecular formula is C16H25NO3. The fraction of sp³-hybridized carbons (Fsp3) is 0.562. The minimum absolute atomic E-state index is 0.120. The van der Waals surface area contributed by atoms with Crippen LogP contribution in [0.3, 0.4) is 0 Å². The highest BCUT2D eigenvalue weighted by atomic mass is 16.5. The molecular weight excluding hydrogens is 254 g/mol. The zero-order valence-electron chi connectivity index (χ0n) is 13.0. The number of rotatable bonds is 6. The second kappa shape index (κ2) is 6.27. The van der Waals surface area contributed by atoms with Crippen molar-refractivity contribution in [3.8, 4) is 5.75 Å². The second-order valence-electron chi connectivity index (χ2n) is 6.23. The van der Waals surface area contributed by atoms with Crippen LogP contribution in [0.2, 0.25) is 0 Å². The third-order valence-electron chi connectivity index (χ3n) is 3.52. The molecule has 1 aromatic carbocycles. The van der Waals surface area contributed by atoms with Crippen molar-refractivity contribution >= 4 is 5.97 Å². The van der Waals surface area contributed by atoms with Gasteiger partial charge < -0.3 is 15.6 Å². The van der Waals surface area contributed by atoms with Gasteiger partial charge >= 0.3 is 5.97 Å². The van der Waals surface area contributed by atoms with Crippen LogP contribution in [0.1, 0.15) is 49.4 Å². The van der Waals surface area contributed by atoms with Crippen molar-refractivity contribution in [2.45, 2.75) is 46.6 Å². The largest absolute Gasteiger partial charge is 0.496 e. The summed E-state index contributed by atoms with van der Waals surface area (Å²) in [7, 11) is 1.66. The molecule has 20 heavy (non-hydrogen) atoms. The van der Waals surface area contributed by atoms with Crippen molar-refractivity contribution in [2.75, 3.05) is 7.11 Å². The Labute approximate surface area is 120 Å². The van der Waals surface area contributed by atoms with Gasteiger partial charge in [0.1, 0.15) is 5.75 Å². The van der Waals surface area contributed by atoms with Crippen molar-refractivity contribution in [3.05, 3.63) is 28.8 Å². The smallest absolute Gasteiger partial charge is 0.303 e. The standard InChI is InChI=1S/C16H25NO3/c1-10-6-12(7-11(2)15(10)20-5)13(17)8-16(3,4)9-14(18)19/h6-7,13H,8-9,17H2,1-5H3,(H,18,19). The Hall–Kier alpha value is -1.55. The molecule has 112 valence electrons. The molecule has 1 unspecified atom stereocenters. The molecule has 0 radical (unpaired) electrons. The summed E-state index contributed by atoms with van der Waals surface area (Å²) in [6, 6.07) is 3.87. The second-order valence-corrected chi connectivity index (χ2v) is 6.23. The highest BCUT2D eigenvalue weighted by Crippen LogP contribution is 2.34. The van der Waals surface area contributed by atoms with Crippen LogP contribution in [0.15, 0.2) is 12.1 Å². The minimum Gasteiger partial charge on any atom is -0.496 e. The summed E-state index contributed by atoms with van der Waals surface area (Å²) in [6.45, 7) is 7.85. The Kier molecular flexibility index (Phi) is 5.17. The van der Waals surface area contributed by atoms with Gasteiger partial charge in [0.2, 0.25) is 0 Å². The van der Waals surface area contributed by atoms with E-state index in [1.165, 1.54) is 0 Å². The zero-order chi connectivity index (χ0) is 15.5. The molecule has 1 atom stereocenters. The molecule has 0 saturated heterocycles. The molecule has 4 heteroatoms. The van der Waals surface area contributed by atoms with Gasteiger partial charge in [0.15, 0.2) is 0 Å². The van der Waals surface area contributed by atoms with E-state index < -0.39 is 5.97 Å². The van der Waals surface area contributed by atoms with Gasteiger partial charge in [0.05, 0.1) is 13.5 Å². The summed E-state index contributed by atoms with van der Waals surface area (Å²) >= 11 is 0. The number of methoxy groups -OCH3 is 1. The lowest BCUT2D eigenvalue weighted by molar-refractivity contribution is -0.139. The average molecular weight is 279 g/mol. The number of aliphatic carboxylic acids is 1. The van der Waals surface area contributed by atoms with Crippen molar-refractivity contribution < 1.29 is 14.6 Å². The molecule has 1 rings (SSSR count). The number of ether oxygens (including phenoxy) is 1. The van der Waals surface area contributed by atoms with E-state index in [4.69, 9.17) is 15.6 Å². The maximum absolute atomic E-state index is 10.9. The summed E-state index contributed by atoms with van der Waals surface area (Å²) in [6.07, 6.45) is 0.749. The van der Waals surface area contributed by atoms with Crippen LogP contribution in [-0.4, -0.2) is 18.2 Å². The molecule has 0 saturated carbocycles. The maximum Gasteiger partial charge on any atom is 0.303 e. The lowest BCUT2D eigenvalue weighted by Crippen LogP contribution is -2.24. The van der Waals surface area contributed by atoms with Crippen LogP contribution in [0.25, 0.3) is 0 Å². The van der Waals surface area contributed by atoms with E-state index in [-0.39, 0.29) is 17.9 Å². The van der Waals surface area contributed by atoms with Crippen LogP contribution in [0.4, 0.5) is 0 Å². The predicted molar refractivity (Wildman–Crippen MR) is 80.0 cm³/mol. The fourth-order valence-electron chi connectivity index (χ4n) is 2.71. The van der Waals surface area contributed by atoms with E-state index in [2.05, 4.69) is 0 Å². The quantitative estimate of drug-likeness (QED) is 0.838. The lowest BCUT2D eigenvalue weighted by atomic mass is 9.80. The SMILES string of the molecule is COc1c(C)cc(C(N)CC(C)(C)CC(=O)O)cc1C. The van der Waals surface area contributed by atoms with E-state index in [0.717, 1.165) is 22.4 Å². The molecule has 0 heterocycles. The normalized spacial score (nSPS) is 13.1. The minimum atomic E-state index is -0.788. The Balaban J connectivity index is 2.93. The van der Waals surface area contributed by atoms with E-state index >= 15 is 0 Å². The predicted octanol–water partition coefficient (Wildman–Crippen LogP) is 3.20. The number of carboxylic acid groups (broad SMARTS) is 1. The summed E-state index contributed by atoms with van der Waals surface area (Å²) in [5.74, 6) is 0.0926. The van der Waals surface area contributed by atoms with Crippen LogP contribution in [-0.2, 0) is 4.79 Å². The fourth-order valence-corrected chi connectivity index (χ4v) is 2.71. The molecule has 0 amide bonds. The molecule has 0 aromatic heterocycles. The monoisotopic (exact) mass is 279 g/mol. The van der Waals surface area contributed by atoms with Crippen LogP contribution >= 0.6 is 0 Å². The van der Waals surface area contributed by atoms with Gasteiger partial charge in [-0.15, -0.1) is 0 Å². The van der Waals surface area contributed by atoms with E-state index in [0.29, 0.717) is 6.42 Å². The third kappa shape index (κ3) is 4.23. The van der Waals surface area contributed by atoms with Crippen molar-refractivity contribution in [1.29, 1.82) is 0 Å². The first kappa shape index (κ1) is 16.5. The van der Waals surface area contributed by atoms with Crippen LogP contribution in [0.5, 0.6) is 5.75 Å². The zero-order valence-corrected chi connectivity index (χ0v) is 13.0. The topological polar surface area (TPSA) is 72.5 Å². The molecule has 3 N–H and O–H groups in total. The van der Waals surface area contributed by atoms with Gasteiger partial charge in [-0.25, -0.2) is 0 Å². The first-order valence-electron chi connectivity index (χ1n) is 6.79. The third-order valence-corrected chi connectivity index (χ3v) is 3.52. The summed E-state index contributed by atoms with van der Waals surface area (Å²) in [5, 5.41) is 8.93. The number of hydrogen-bond acceptors (Lipinski definition) is 3. The number of hydrogen-bond donors (Lipinski definition) is 2. The van der Waals surface area contributed by atoms with Crippen molar-refractivity contribution in [1.82, 2.24) is 0 Å². The van der Waals surface area contributed by atoms with Gasteiger partial charge in [-0.2, -0.15) is 0 Å². The molecule has 1 aromatic rings. The number of carboxylic acids is 1. The van der Waals surface area contributed by atoms with E-state index in [1.54, 1.807) is 7.11 Å². The molecule has 0 spiro atoms. The first-order chi connectivity index (χ1) is 9.16. The van der Waals surface area contributed by atoms with Crippen LogP contribution < -0.4 is 10.5 Å². The average Bonchev–Trinajstić information content (AvgIpc) is 2.25. The summed E-state index contributed by atoms with van der Waals surface area (Å²) < 4.78 is 5.35. The molecule has 0 aliphatic carbocycles. The van der Waals surface area contributed by atoms with Gasteiger partial charge in [-0.3, -0.25) is 4.79 Å². The molecule has 4 nitrogen and oxygen atoms in total. The molecule has 0 aliphatic heterocycles. The Morgan fingerprint density at radius 3 is 2.25 bits per heavy atom. The first-order valence-corrected chi connectivity index (χ1v) is 6.79. The van der Waals surface area contributed by atoms with Crippen LogP contribution in [0, 0.1) is 19.3 Å². The van der Waals surface area contributed by atoms with Crippen molar-refractivity contribution in [2.24, 2.45) is 11.1 Å². The highest BCUT2D eigenvalue weighted by molar-refractivity contribution is 5.67. The van der Waals surface area contributed by atoms with E-state index in [9.17, 15) is 4.79 Å². The number of carbonyl (C=O) groups is 1. The van der Waals surface area contributed by atoms with Gasteiger partial charge in [-0.05, 0) is 42.4 Å². The number of nitrogens with two attached hydrogens (primary N) is 1. The van der Waals surface area contributed by atoms with Gasteiger partial charge in [-0.1, -0.05) is 26.0 Å². The summed E-state index contributed by atoms with van der Waals surface area (Å²) in [5.41, 5.74) is 9.05. The Morgan fingerprint density at radius 2 is 1.85 bits per heavy atom. The Bertz CT molecular complexity index is 471. The van der Waals surface area contributed by atoms with Gasteiger partial charge in [0, 0.05) is 6.04 Å². The van der Waals surface area contributed by atoms with E-state index in [1.807, 2.05) is 39.8 Å².